The maximum Gasteiger partial charge on any atom is 0.332 e. The van der Waals surface area contributed by atoms with Crippen molar-refractivity contribution in [3.63, 3.8) is 0 Å². The first kappa shape index (κ1) is 15.2. The van der Waals surface area contributed by atoms with Gasteiger partial charge in [0.2, 0.25) is 12.2 Å². The first-order chi connectivity index (χ1) is 8.13. The Hall–Kier alpha value is -1.77. The molecule has 0 bridgehead atoms. The zero-order valence-electron chi connectivity index (χ0n) is 9.81. The lowest BCUT2D eigenvalue weighted by Gasteiger charge is -2.22. The molecule has 17 heavy (non-hydrogen) atoms. The molecule has 0 rings (SSSR count). The van der Waals surface area contributed by atoms with E-state index in [0.29, 0.717) is 32.2 Å². The summed E-state index contributed by atoms with van der Waals surface area (Å²) in [6, 6.07) is 0. The Balaban J connectivity index is 4.51. The van der Waals surface area contributed by atoms with Crippen molar-refractivity contribution >= 4 is 18.1 Å². The van der Waals surface area contributed by atoms with Gasteiger partial charge in [-0.05, 0) is 25.7 Å². The molecule has 0 saturated carbocycles. The molecule has 0 aromatic carbocycles. The van der Waals surface area contributed by atoms with Gasteiger partial charge >= 0.3 is 5.97 Å². The van der Waals surface area contributed by atoms with E-state index in [1.54, 1.807) is 0 Å². The third-order valence-corrected chi connectivity index (χ3v) is 2.50. The molecule has 0 aliphatic heterocycles. The number of aliphatic carboxylic acids is 1. The number of carbonyl (C=O) groups excluding carboxylic acids is 2. The van der Waals surface area contributed by atoms with E-state index in [9.17, 15) is 14.4 Å². The number of carbonyl (C=O) groups is 1. The average Bonchev–Trinajstić information content (AvgIpc) is 2.29. The van der Waals surface area contributed by atoms with Crippen LogP contribution in [0.1, 0.15) is 39.0 Å². The van der Waals surface area contributed by atoms with E-state index < -0.39 is 11.5 Å². The van der Waals surface area contributed by atoms with Crippen LogP contribution in [0.5, 0.6) is 0 Å². The van der Waals surface area contributed by atoms with Crippen LogP contribution in [0.25, 0.3) is 0 Å². The molecular formula is C11H16N2O4. The highest BCUT2D eigenvalue weighted by Crippen LogP contribution is 2.25. The minimum absolute atomic E-state index is 0.250. The first-order valence-corrected chi connectivity index (χ1v) is 5.49. The van der Waals surface area contributed by atoms with E-state index in [1.807, 2.05) is 6.92 Å². The van der Waals surface area contributed by atoms with E-state index in [4.69, 9.17) is 5.11 Å². The number of rotatable bonds is 9. The summed E-state index contributed by atoms with van der Waals surface area (Å²) in [5.74, 6) is -1.11. The van der Waals surface area contributed by atoms with Crippen molar-refractivity contribution in [2.75, 3.05) is 6.54 Å². The van der Waals surface area contributed by atoms with Crippen molar-refractivity contribution in [2.24, 2.45) is 9.98 Å². The Morgan fingerprint density at radius 2 is 1.94 bits per heavy atom. The molecule has 0 aromatic rings. The number of aliphatic imine (C=N–C) groups is 2. The van der Waals surface area contributed by atoms with Gasteiger partial charge in [-0.1, -0.05) is 13.3 Å². The van der Waals surface area contributed by atoms with Crippen molar-refractivity contribution in [3.8, 4) is 0 Å². The molecular weight excluding hydrogens is 224 g/mol. The molecule has 1 atom stereocenters. The molecule has 1 N–H and O–H groups in total. The van der Waals surface area contributed by atoms with E-state index in [-0.39, 0.29) is 6.42 Å². The fraction of sp³-hybridized carbons (Fsp3) is 0.727. The number of unbranched alkanes of at least 4 members (excludes halogenated alkanes) is 1. The number of hydrogen-bond donors (Lipinski definition) is 1. The highest BCUT2D eigenvalue weighted by atomic mass is 16.4. The van der Waals surface area contributed by atoms with Crippen LogP contribution in [0, 0.1) is 0 Å². The maximum atomic E-state index is 11.2. The summed E-state index contributed by atoms with van der Waals surface area (Å²) in [6.07, 6.45) is 5.01. The average molecular weight is 240 g/mol. The standard InChI is InChI=1S/C11H16N2O4/c1-2-5-11(10(16)17,13-9-15)6-3-4-7-12-8-14/h2-7H2,1H3,(H,16,17). The quantitative estimate of drug-likeness (QED) is 0.375. The van der Waals surface area contributed by atoms with Crippen molar-refractivity contribution in [1.29, 1.82) is 0 Å². The Bertz CT molecular complexity index is 339. The Kier molecular flexibility index (Phi) is 7.52. The van der Waals surface area contributed by atoms with Crippen LogP contribution >= 0.6 is 0 Å². The van der Waals surface area contributed by atoms with E-state index in [0.717, 1.165) is 0 Å². The summed E-state index contributed by atoms with van der Waals surface area (Å²) in [4.78, 5) is 38.1. The maximum absolute atomic E-state index is 11.2. The van der Waals surface area contributed by atoms with Crippen LogP contribution < -0.4 is 0 Å². The number of isocyanates is 2. The van der Waals surface area contributed by atoms with Gasteiger partial charge in [0.25, 0.3) is 0 Å². The highest BCUT2D eigenvalue weighted by Gasteiger charge is 2.36. The summed E-state index contributed by atoms with van der Waals surface area (Å²) >= 11 is 0. The molecule has 0 aliphatic carbocycles. The summed E-state index contributed by atoms with van der Waals surface area (Å²) < 4.78 is 0. The fourth-order valence-corrected chi connectivity index (χ4v) is 1.65. The van der Waals surface area contributed by atoms with Gasteiger partial charge in [0.05, 0.1) is 6.54 Å². The predicted octanol–water partition coefficient (Wildman–Crippen LogP) is 1.45. The van der Waals surface area contributed by atoms with Gasteiger partial charge in [-0.3, -0.25) is 0 Å². The van der Waals surface area contributed by atoms with Crippen LogP contribution in [0.15, 0.2) is 9.98 Å². The number of hydrogen-bond acceptors (Lipinski definition) is 5. The fourth-order valence-electron chi connectivity index (χ4n) is 1.65. The molecule has 0 amide bonds. The van der Waals surface area contributed by atoms with Crippen molar-refractivity contribution < 1.29 is 19.5 Å². The minimum Gasteiger partial charge on any atom is -0.479 e. The topological polar surface area (TPSA) is 96.2 Å². The number of nitrogens with zero attached hydrogens (tertiary/aromatic N) is 2. The van der Waals surface area contributed by atoms with Crippen LogP contribution in [0.3, 0.4) is 0 Å². The molecule has 6 nitrogen and oxygen atoms in total. The molecule has 0 radical (unpaired) electrons. The van der Waals surface area contributed by atoms with Gasteiger partial charge in [-0.2, -0.15) is 4.99 Å². The minimum atomic E-state index is -1.37. The third-order valence-electron chi connectivity index (χ3n) is 2.50. The van der Waals surface area contributed by atoms with E-state index >= 15 is 0 Å². The van der Waals surface area contributed by atoms with E-state index in [1.165, 1.54) is 12.2 Å². The molecule has 1 unspecified atom stereocenters. The lowest BCUT2D eigenvalue weighted by Crippen LogP contribution is -2.36. The highest BCUT2D eigenvalue weighted by molar-refractivity contribution is 5.80. The largest absolute Gasteiger partial charge is 0.479 e. The lowest BCUT2D eigenvalue weighted by molar-refractivity contribution is -0.143. The summed E-state index contributed by atoms with van der Waals surface area (Å²) in [5.41, 5.74) is -1.37. The van der Waals surface area contributed by atoms with Gasteiger partial charge in [0.1, 0.15) is 0 Å². The molecule has 0 spiro atoms. The van der Waals surface area contributed by atoms with Crippen LogP contribution in [0.4, 0.5) is 0 Å². The third kappa shape index (κ3) is 5.20. The summed E-state index contributed by atoms with van der Waals surface area (Å²) in [5, 5.41) is 9.13. The Labute approximate surface area is 99.5 Å². The smallest absolute Gasteiger partial charge is 0.332 e. The Morgan fingerprint density at radius 3 is 2.41 bits per heavy atom. The zero-order chi connectivity index (χ0) is 13.1. The van der Waals surface area contributed by atoms with E-state index in [2.05, 4.69) is 9.98 Å². The number of carboxylic acids is 1. The molecule has 0 aliphatic rings. The molecule has 6 heteroatoms. The SMILES string of the molecule is CCCC(CCCCN=C=O)(N=C=O)C(=O)O. The van der Waals surface area contributed by atoms with Crippen molar-refractivity contribution in [3.05, 3.63) is 0 Å². The second kappa shape index (κ2) is 8.39. The van der Waals surface area contributed by atoms with Crippen LogP contribution in [0.2, 0.25) is 0 Å². The first-order valence-electron chi connectivity index (χ1n) is 5.49. The Morgan fingerprint density at radius 1 is 1.24 bits per heavy atom. The zero-order valence-corrected chi connectivity index (χ0v) is 9.81. The molecule has 0 fully saturated rings. The van der Waals surface area contributed by atoms with Gasteiger partial charge in [0, 0.05) is 0 Å². The van der Waals surface area contributed by atoms with Gasteiger partial charge < -0.3 is 5.11 Å². The molecule has 94 valence electrons. The van der Waals surface area contributed by atoms with Gasteiger partial charge in [-0.15, -0.1) is 0 Å². The normalized spacial score (nSPS) is 13.0. The van der Waals surface area contributed by atoms with Crippen molar-refractivity contribution in [2.45, 2.75) is 44.6 Å². The molecule has 0 saturated heterocycles. The molecule has 0 aromatic heterocycles. The van der Waals surface area contributed by atoms with Crippen LogP contribution in [-0.2, 0) is 14.4 Å². The second-order valence-corrected chi connectivity index (χ2v) is 3.72. The van der Waals surface area contributed by atoms with Crippen molar-refractivity contribution in [1.82, 2.24) is 0 Å². The summed E-state index contributed by atoms with van der Waals surface area (Å²) in [7, 11) is 0. The van der Waals surface area contributed by atoms with Gasteiger partial charge in [0.15, 0.2) is 5.54 Å². The molecule has 0 heterocycles. The summed E-state index contributed by atoms with van der Waals surface area (Å²) in [6.45, 7) is 2.14. The van der Waals surface area contributed by atoms with Gasteiger partial charge in [-0.25, -0.2) is 19.4 Å². The lowest BCUT2D eigenvalue weighted by atomic mass is 9.88. The monoisotopic (exact) mass is 240 g/mol. The number of carboxylic acid groups (broad SMARTS) is 1. The van der Waals surface area contributed by atoms with Crippen LogP contribution in [-0.4, -0.2) is 35.3 Å². The second-order valence-electron chi connectivity index (χ2n) is 3.72. The predicted molar refractivity (Wildman–Crippen MR) is 60.2 cm³/mol.